The SMILES string of the molecule is CC1(C)c2ccccc2-c2cc(-c3nc(-c4ccccc4)nc(-c4cccc(-c5cccc6c5sc5c(-c7ccc(-c8ccccc8)cc7)cccc56)c4)n3)ccc21. The summed E-state index contributed by atoms with van der Waals surface area (Å²) in [4.78, 5) is 15.4. The van der Waals surface area contributed by atoms with Crippen molar-refractivity contribution in [2.75, 3.05) is 0 Å². The quantitative estimate of drug-likeness (QED) is 0.169. The summed E-state index contributed by atoms with van der Waals surface area (Å²) < 4.78 is 2.56. The van der Waals surface area contributed by atoms with Crippen molar-refractivity contribution in [3.8, 4) is 78.7 Å². The Morgan fingerprint density at radius 1 is 0.328 bits per heavy atom. The Bertz CT molecular complexity index is 3180. The van der Waals surface area contributed by atoms with Crippen LogP contribution in [-0.4, -0.2) is 15.0 Å². The molecule has 0 atom stereocenters. The fourth-order valence-electron chi connectivity index (χ4n) is 8.78. The van der Waals surface area contributed by atoms with Crippen LogP contribution in [0.5, 0.6) is 0 Å². The number of benzene rings is 8. The van der Waals surface area contributed by atoms with Gasteiger partial charge in [-0.25, -0.2) is 15.0 Å². The van der Waals surface area contributed by atoms with E-state index in [0.29, 0.717) is 17.5 Å². The number of rotatable bonds is 6. The maximum absolute atomic E-state index is 5.20. The second-order valence-electron chi connectivity index (χ2n) is 15.6. The first-order chi connectivity index (χ1) is 28.5. The third-order valence-corrected chi connectivity index (χ3v) is 13.1. The van der Waals surface area contributed by atoms with Gasteiger partial charge in [-0.15, -0.1) is 11.3 Å². The van der Waals surface area contributed by atoms with Gasteiger partial charge < -0.3 is 0 Å². The minimum atomic E-state index is -0.0721. The van der Waals surface area contributed by atoms with Crippen molar-refractivity contribution in [3.05, 3.63) is 199 Å². The van der Waals surface area contributed by atoms with Gasteiger partial charge in [0.1, 0.15) is 0 Å². The van der Waals surface area contributed by atoms with Crippen LogP contribution >= 0.6 is 11.3 Å². The lowest BCUT2D eigenvalue weighted by Gasteiger charge is -2.21. The summed E-state index contributed by atoms with van der Waals surface area (Å²) in [5, 5.41) is 2.54. The molecule has 11 rings (SSSR count). The van der Waals surface area contributed by atoms with E-state index in [2.05, 4.69) is 184 Å². The fraction of sp³-hybridized carbons (Fsp3) is 0.0556. The van der Waals surface area contributed by atoms with Crippen LogP contribution in [0.2, 0.25) is 0 Å². The van der Waals surface area contributed by atoms with Crippen molar-refractivity contribution in [1.82, 2.24) is 15.0 Å². The molecule has 0 spiro atoms. The molecule has 274 valence electrons. The highest BCUT2D eigenvalue weighted by atomic mass is 32.1. The fourth-order valence-corrected chi connectivity index (χ4v) is 10.2. The molecule has 0 amide bonds. The molecule has 10 aromatic rings. The second kappa shape index (κ2) is 13.6. The molecule has 8 aromatic carbocycles. The van der Waals surface area contributed by atoms with Crippen LogP contribution in [-0.2, 0) is 5.41 Å². The molecular weight excluding hydrogens is 723 g/mol. The number of hydrogen-bond acceptors (Lipinski definition) is 4. The van der Waals surface area contributed by atoms with Gasteiger partial charge in [0.25, 0.3) is 0 Å². The smallest absolute Gasteiger partial charge is 0.164 e. The largest absolute Gasteiger partial charge is 0.208 e. The van der Waals surface area contributed by atoms with Gasteiger partial charge >= 0.3 is 0 Å². The third-order valence-electron chi connectivity index (χ3n) is 11.8. The molecule has 0 aliphatic heterocycles. The molecule has 0 fully saturated rings. The summed E-state index contributed by atoms with van der Waals surface area (Å²) in [6.07, 6.45) is 0. The minimum Gasteiger partial charge on any atom is -0.208 e. The van der Waals surface area contributed by atoms with Crippen molar-refractivity contribution >= 4 is 31.5 Å². The predicted molar refractivity (Wildman–Crippen MR) is 243 cm³/mol. The van der Waals surface area contributed by atoms with Gasteiger partial charge in [-0.1, -0.05) is 190 Å². The lowest BCUT2D eigenvalue weighted by Crippen LogP contribution is -2.14. The molecule has 0 saturated carbocycles. The Morgan fingerprint density at radius 2 is 0.776 bits per heavy atom. The van der Waals surface area contributed by atoms with Gasteiger partial charge in [0.15, 0.2) is 17.5 Å². The molecular formula is C54H37N3S. The van der Waals surface area contributed by atoms with Crippen LogP contribution in [0.1, 0.15) is 25.0 Å². The third kappa shape index (κ3) is 5.68. The van der Waals surface area contributed by atoms with Gasteiger partial charge in [0, 0.05) is 42.3 Å². The average molecular weight is 760 g/mol. The first kappa shape index (κ1) is 34.3. The first-order valence-electron chi connectivity index (χ1n) is 19.8. The molecule has 0 unspecified atom stereocenters. The summed E-state index contributed by atoms with van der Waals surface area (Å²) in [5.74, 6) is 1.97. The van der Waals surface area contributed by atoms with Crippen LogP contribution in [0.25, 0.3) is 98.8 Å². The van der Waals surface area contributed by atoms with E-state index in [-0.39, 0.29) is 5.41 Å². The zero-order valence-electron chi connectivity index (χ0n) is 32.1. The Kier molecular flexibility index (Phi) is 8.02. The van der Waals surface area contributed by atoms with Crippen molar-refractivity contribution in [2.24, 2.45) is 0 Å². The zero-order valence-corrected chi connectivity index (χ0v) is 33.0. The first-order valence-corrected chi connectivity index (χ1v) is 20.6. The molecule has 58 heavy (non-hydrogen) atoms. The van der Waals surface area contributed by atoms with Crippen molar-refractivity contribution in [3.63, 3.8) is 0 Å². The van der Waals surface area contributed by atoms with E-state index in [4.69, 9.17) is 15.0 Å². The van der Waals surface area contributed by atoms with E-state index in [0.717, 1.165) is 22.3 Å². The van der Waals surface area contributed by atoms with Crippen LogP contribution in [0.15, 0.2) is 188 Å². The zero-order chi connectivity index (χ0) is 38.8. The predicted octanol–water partition coefficient (Wildman–Crippen LogP) is 14.5. The summed E-state index contributed by atoms with van der Waals surface area (Å²) in [6.45, 7) is 4.61. The number of aromatic nitrogens is 3. The van der Waals surface area contributed by atoms with E-state index in [1.54, 1.807) is 0 Å². The topological polar surface area (TPSA) is 38.7 Å². The van der Waals surface area contributed by atoms with Crippen LogP contribution in [0.3, 0.4) is 0 Å². The summed E-state index contributed by atoms with van der Waals surface area (Å²) in [6, 6.07) is 67.2. The van der Waals surface area contributed by atoms with Crippen molar-refractivity contribution in [1.29, 1.82) is 0 Å². The second-order valence-corrected chi connectivity index (χ2v) is 16.6. The number of nitrogens with zero attached hydrogens (tertiary/aromatic N) is 3. The molecule has 3 nitrogen and oxygen atoms in total. The number of fused-ring (bicyclic) bond motifs is 6. The monoisotopic (exact) mass is 759 g/mol. The highest BCUT2D eigenvalue weighted by Crippen LogP contribution is 2.49. The molecule has 0 N–H and O–H groups in total. The van der Waals surface area contributed by atoms with Crippen molar-refractivity contribution in [2.45, 2.75) is 19.3 Å². The Morgan fingerprint density at radius 3 is 1.47 bits per heavy atom. The van der Waals surface area contributed by atoms with E-state index in [1.807, 2.05) is 29.5 Å². The summed E-state index contributed by atoms with van der Waals surface area (Å²) in [7, 11) is 0. The summed E-state index contributed by atoms with van der Waals surface area (Å²) in [5.41, 5.74) is 15.2. The Balaban J connectivity index is 1.01. The molecule has 0 bridgehead atoms. The standard InChI is InChI=1S/C54H37N3S/c1-54(2)47-25-10-9-20-43(47)46-33-40(30-31-48(46)54)53-56-51(37-16-7-4-8-17-37)55-52(57-53)39-19-11-18-38(32-39)42-22-13-24-45-44-23-12-21-41(49(44)58-50(42)45)36-28-26-35(27-29-36)34-14-5-3-6-15-34/h3-33H,1-2H3. The maximum Gasteiger partial charge on any atom is 0.164 e. The molecule has 0 saturated heterocycles. The van der Waals surface area contributed by atoms with Crippen LogP contribution in [0, 0.1) is 0 Å². The minimum absolute atomic E-state index is 0.0721. The van der Waals surface area contributed by atoms with E-state index in [9.17, 15) is 0 Å². The Hall–Kier alpha value is -7.01. The lowest BCUT2D eigenvalue weighted by atomic mass is 9.82. The van der Waals surface area contributed by atoms with Crippen LogP contribution < -0.4 is 0 Å². The normalized spacial score (nSPS) is 12.8. The average Bonchev–Trinajstić information content (AvgIpc) is 3.79. The van der Waals surface area contributed by atoms with Gasteiger partial charge in [0.2, 0.25) is 0 Å². The van der Waals surface area contributed by atoms with Gasteiger partial charge in [-0.05, 0) is 67.8 Å². The van der Waals surface area contributed by atoms with E-state index < -0.39 is 0 Å². The van der Waals surface area contributed by atoms with Crippen LogP contribution in [0.4, 0.5) is 0 Å². The van der Waals surface area contributed by atoms with Gasteiger partial charge in [0.05, 0.1) is 0 Å². The molecule has 0 radical (unpaired) electrons. The molecule has 1 aliphatic rings. The molecule has 2 heterocycles. The molecule has 4 heteroatoms. The van der Waals surface area contributed by atoms with Gasteiger partial charge in [-0.2, -0.15) is 0 Å². The highest BCUT2D eigenvalue weighted by molar-refractivity contribution is 7.26. The van der Waals surface area contributed by atoms with E-state index in [1.165, 1.54) is 70.2 Å². The molecule has 1 aliphatic carbocycles. The Labute approximate surface area is 342 Å². The number of hydrogen-bond donors (Lipinski definition) is 0. The van der Waals surface area contributed by atoms with E-state index >= 15 is 0 Å². The maximum atomic E-state index is 5.20. The lowest BCUT2D eigenvalue weighted by molar-refractivity contribution is 0.660. The summed E-state index contributed by atoms with van der Waals surface area (Å²) >= 11 is 1.87. The number of thiophene rings is 1. The van der Waals surface area contributed by atoms with Gasteiger partial charge in [-0.3, -0.25) is 0 Å². The van der Waals surface area contributed by atoms with Crippen molar-refractivity contribution < 1.29 is 0 Å². The highest BCUT2D eigenvalue weighted by Gasteiger charge is 2.35. The molecule has 2 aromatic heterocycles.